The molecule has 0 aliphatic heterocycles. The van der Waals surface area contributed by atoms with Gasteiger partial charge < -0.3 is 0 Å². The molecule has 0 amide bonds. The Kier molecular flexibility index (Phi) is 3.84. The Bertz CT molecular complexity index is 826. The average molecular weight is 343 g/mol. The standard InChI is InChI=1S/C18H12BrFO/c19-16-10-9-15(13-6-2-3-7-14(13)16)18(21)11-12-5-1-4-8-17(12)20/h1-10H,11H2. The molecule has 0 fully saturated rings. The maximum Gasteiger partial charge on any atom is 0.167 e. The van der Waals surface area contributed by atoms with Crippen molar-refractivity contribution >= 4 is 32.5 Å². The van der Waals surface area contributed by atoms with Gasteiger partial charge in [0.2, 0.25) is 0 Å². The van der Waals surface area contributed by atoms with Gasteiger partial charge in [0.1, 0.15) is 5.82 Å². The molecule has 0 unspecified atom stereocenters. The summed E-state index contributed by atoms with van der Waals surface area (Å²) < 4.78 is 14.6. The minimum absolute atomic E-state index is 0.0678. The Balaban J connectivity index is 2.03. The molecule has 0 aliphatic rings. The van der Waals surface area contributed by atoms with E-state index in [0.717, 1.165) is 15.2 Å². The highest BCUT2D eigenvalue weighted by Gasteiger charge is 2.14. The first-order valence-corrected chi connectivity index (χ1v) is 7.40. The van der Waals surface area contributed by atoms with Gasteiger partial charge in [-0.1, -0.05) is 58.4 Å². The van der Waals surface area contributed by atoms with Crippen LogP contribution in [0.1, 0.15) is 15.9 Å². The van der Waals surface area contributed by atoms with Crippen LogP contribution in [0.5, 0.6) is 0 Å². The van der Waals surface area contributed by atoms with Crippen molar-refractivity contribution in [3.05, 3.63) is 82.1 Å². The molecule has 0 heterocycles. The summed E-state index contributed by atoms with van der Waals surface area (Å²) in [4.78, 5) is 12.5. The van der Waals surface area contributed by atoms with Gasteiger partial charge in [0, 0.05) is 16.5 Å². The molecule has 0 bridgehead atoms. The number of rotatable bonds is 3. The van der Waals surface area contributed by atoms with E-state index in [-0.39, 0.29) is 18.0 Å². The highest BCUT2D eigenvalue weighted by Crippen LogP contribution is 2.27. The van der Waals surface area contributed by atoms with Gasteiger partial charge in [-0.05, 0) is 34.5 Å². The Labute approximate surface area is 130 Å². The van der Waals surface area contributed by atoms with Gasteiger partial charge in [0.25, 0.3) is 0 Å². The largest absolute Gasteiger partial charge is 0.294 e. The van der Waals surface area contributed by atoms with E-state index in [4.69, 9.17) is 0 Å². The first-order chi connectivity index (χ1) is 10.2. The Hall–Kier alpha value is -2.00. The van der Waals surface area contributed by atoms with E-state index in [9.17, 15) is 9.18 Å². The Morgan fingerprint density at radius 2 is 1.57 bits per heavy atom. The van der Waals surface area contributed by atoms with Gasteiger partial charge >= 0.3 is 0 Å². The number of ketones is 1. The normalized spacial score (nSPS) is 10.8. The molecule has 0 N–H and O–H groups in total. The summed E-state index contributed by atoms with van der Waals surface area (Å²) in [6.45, 7) is 0. The van der Waals surface area contributed by atoms with E-state index in [2.05, 4.69) is 15.9 Å². The second kappa shape index (κ2) is 5.78. The molecule has 3 heteroatoms. The number of halogens is 2. The highest BCUT2D eigenvalue weighted by molar-refractivity contribution is 9.10. The van der Waals surface area contributed by atoms with Crippen molar-refractivity contribution in [3.8, 4) is 0 Å². The summed E-state index contributed by atoms with van der Waals surface area (Å²) in [6, 6.07) is 17.7. The van der Waals surface area contributed by atoms with Crippen LogP contribution in [0.25, 0.3) is 10.8 Å². The number of Topliss-reactive ketones (excluding diaryl/α,β-unsaturated/α-hetero) is 1. The number of benzene rings is 3. The van der Waals surface area contributed by atoms with Crippen LogP contribution in [0.3, 0.4) is 0 Å². The fraction of sp³-hybridized carbons (Fsp3) is 0.0556. The number of hydrogen-bond acceptors (Lipinski definition) is 1. The topological polar surface area (TPSA) is 17.1 Å². The molecule has 1 nitrogen and oxygen atoms in total. The molecule has 0 aromatic heterocycles. The van der Waals surface area contributed by atoms with Crippen LogP contribution >= 0.6 is 15.9 Å². The van der Waals surface area contributed by atoms with E-state index in [1.807, 2.05) is 30.3 Å². The third-order valence-corrected chi connectivity index (χ3v) is 4.17. The van der Waals surface area contributed by atoms with Crippen LogP contribution in [-0.4, -0.2) is 5.78 Å². The van der Waals surface area contributed by atoms with Crippen molar-refractivity contribution in [1.29, 1.82) is 0 Å². The summed E-state index contributed by atoms with van der Waals surface area (Å²) >= 11 is 3.49. The molecule has 21 heavy (non-hydrogen) atoms. The third kappa shape index (κ3) is 2.74. The monoisotopic (exact) mass is 342 g/mol. The fourth-order valence-electron chi connectivity index (χ4n) is 2.42. The number of fused-ring (bicyclic) bond motifs is 1. The molecule has 0 radical (unpaired) electrons. The fourth-order valence-corrected chi connectivity index (χ4v) is 2.89. The minimum atomic E-state index is -0.340. The Morgan fingerprint density at radius 1 is 0.905 bits per heavy atom. The quantitative estimate of drug-likeness (QED) is 0.600. The van der Waals surface area contributed by atoms with E-state index >= 15 is 0 Å². The molecule has 0 atom stereocenters. The van der Waals surface area contributed by atoms with Crippen LogP contribution in [0, 0.1) is 5.82 Å². The molecule has 3 aromatic rings. The molecular formula is C18H12BrFO. The zero-order valence-electron chi connectivity index (χ0n) is 11.1. The summed E-state index contributed by atoms with van der Waals surface area (Å²) in [5.41, 5.74) is 1.05. The second-order valence-corrected chi connectivity index (χ2v) is 5.69. The van der Waals surface area contributed by atoms with Gasteiger partial charge in [-0.15, -0.1) is 0 Å². The van der Waals surface area contributed by atoms with Crippen molar-refractivity contribution < 1.29 is 9.18 Å². The van der Waals surface area contributed by atoms with Gasteiger partial charge in [0.15, 0.2) is 5.78 Å². The smallest absolute Gasteiger partial charge is 0.167 e. The van der Waals surface area contributed by atoms with E-state index in [1.54, 1.807) is 24.3 Å². The summed E-state index contributed by atoms with van der Waals surface area (Å²) in [5, 5.41) is 1.87. The van der Waals surface area contributed by atoms with Crippen LogP contribution in [0.4, 0.5) is 4.39 Å². The number of hydrogen-bond donors (Lipinski definition) is 0. The van der Waals surface area contributed by atoms with Crippen LogP contribution in [0.2, 0.25) is 0 Å². The number of carbonyl (C=O) groups is 1. The highest BCUT2D eigenvalue weighted by atomic mass is 79.9. The maximum absolute atomic E-state index is 13.7. The van der Waals surface area contributed by atoms with Gasteiger partial charge in [-0.2, -0.15) is 0 Å². The van der Waals surface area contributed by atoms with Crippen molar-refractivity contribution in [2.75, 3.05) is 0 Å². The van der Waals surface area contributed by atoms with E-state index < -0.39 is 0 Å². The molecule has 104 valence electrons. The van der Waals surface area contributed by atoms with Crippen molar-refractivity contribution in [2.24, 2.45) is 0 Å². The minimum Gasteiger partial charge on any atom is -0.294 e. The van der Waals surface area contributed by atoms with Gasteiger partial charge in [-0.3, -0.25) is 4.79 Å². The second-order valence-electron chi connectivity index (χ2n) is 4.83. The molecule has 0 saturated heterocycles. The maximum atomic E-state index is 13.7. The van der Waals surface area contributed by atoms with Crippen molar-refractivity contribution in [1.82, 2.24) is 0 Å². The van der Waals surface area contributed by atoms with Crippen LogP contribution in [0.15, 0.2) is 65.1 Å². The van der Waals surface area contributed by atoms with Crippen molar-refractivity contribution in [3.63, 3.8) is 0 Å². The zero-order chi connectivity index (χ0) is 14.8. The zero-order valence-corrected chi connectivity index (χ0v) is 12.7. The first-order valence-electron chi connectivity index (χ1n) is 6.60. The average Bonchev–Trinajstić information content (AvgIpc) is 2.50. The molecular weight excluding hydrogens is 331 g/mol. The predicted molar refractivity (Wildman–Crippen MR) is 86.1 cm³/mol. The van der Waals surface area contributed by atoms with Crippen LogP contribution in [-0.2, 0) is 6.42 Å². The third-order valence-electron chi connectivity index (χ3n) is 3.48. The summed E-state index contributed by atoms with van der Waals surface area (Å²) in [5.74, 6) is -0.420. The van der Waals surface area contributed by atoms with Gasteiger partial charge in [-0.25, -0.2) is 4.39 Å². The lowest BCUT2D eigenvalue weighted by Gasteiger charge is -2.08. The molecule has 3 rings (SSSR count). The molecule has 0 saturated carbocycles. The predicted octanol–water partition coefficient (Wildman–Crippen LogP) is 5.17. The van der Waals surface area contributed by atoms with Crippen molar-refractivity contribution in [2.45, 2.75) is 6.42 Å². The van der Waals surface area contributed by atoms with Gasteiger partial charge in [0.05, 0.1) is 0 Å². The molecule has 3 aromatic carbocycles. The summed E-state index contributed by atoms with van der Waals surface area (Å²) in [7, 11) is 0. The lowest BCUT2D eigenvalue weighted by molar-refractivity contribution is 0.0993. The van der Waals surface area contributed by atoms with E-state index in [0.29, 0.717) is 11.1 Å². The first kappa shape index (κ1) is 14.0. The Morgan fingerprint density at radius 3 is 2.33 bits per heavy atom. The lowest BCUT2D eigenvalue weighted by Crippen LogP contribution is -2.06. The van der Waals surface area contributed by atoms with E-state index in [1.165, 1.54) is 6.07 Å². The molecule has 0 spiro atoms. The summed E-state index contributed by atoms with van der Waals surface area (Å²) in [6.07, 6.45) is 0.0678. The lowest BCUT2D eigenvalue weighted by atomic mass is 9.97. The number of carbonyl (C=O) groups excluding carboxylic acids is 1. The molecule has 0 aliphatic carbocycles. The SMILES string of the molecule is O=C(Cc1ccccc1F)c1ccc(Br)c2ccccc12. The van der Waals surface area contributed by atoms with Crippen LogP contribution < -0.4 is 0 Å².